The average Bonchev–Trinajstić information content (AvgIpc) is 3.31. The van der Waals surface area contributed by atoms with Crippen LogP contribution in [0.15, 0.2) is 54.7 Å². The molecule has 0 unspecified atom stereocenters. The number of aromatic nitrogens is 3. The molecule has 3 heterocycles. The van der Waals surface area contributed by atoms with E-state index >= 15 is 0 Å². The number of nitrogens with zero attached hydrogens (tertiary/aromatic N) is 4. The van der Waals surface area contributed by atoms with Crippen molar-refractivity contribution < 1.29 is 9.47 Å². The molecule has 0 radical (unpaired) electrons. The van der Waals surface area contributed by atoms with Crippen molar-refractivity contribution in [3.8, 4) is 22.8 Å². The van der Waals surface area contributed by atoms with Crippen molar-refractivity contribution in [2.45, 2.75) is 6.54 Å². The van der Waals surface area contributed by atoms with Gasteiger partial charge in [-0.25, -0.2) is 9.97 Å². The maximum atomic E-state index is 5.35. The molecule has 34 heavy (non-hydrogen) atoms. The highest BCUT2D eigenvalue weighted by molar-refractivity contribution is 5.81. The number of rotatable bonds is 7. The third-order valence-electron chi connectivity index (χ3n) is 6.27. The number of methoxy groups -OCH3 is 2. The van der Waals surface area contributed by atoms with Gasteiger partial charge >= 0.3 is 0 Å². The van der Waals surface area contributed by atoms with E-state index in [9.17, 15) is 0 Å². The van der Waals surface area contributed by atoms with Gasteiger partial charge in [0.2, 0.25) is 0 Å². The van der Waals surface area contributed by atoms with Gasteiger partial charge in [0, 0.05) is 50.2 Å². The van der Waals surface area contributed by atoms with Gasteiger partial charge in [-0.15, -0.1) is 0 Å². The highest BCUT2D eigenvalue weighted by atomic mass is 16.5. The predicted octanol–water partition coefficient (Wildman–Crippen LogP) is 4.01. The molecule has 0 amide bonds. The molecular weight excluding hydrogens is 428 g/mol. The lowest BCUT2D eigenvalue weighted by atomic mass is 10.1. The van der Waals surface area contributed by atoms with Crippen LogP contribution in [-0.2, 0) is 6.54 Å². The fraction of sp³-hybridized carbons (Fsp3) is 0.308. The van der Waals surface area contributed by atoms with E-state index in [2.05, 4.69) is 56.4 Å². The van der Waals surface area contributed by atoms with Gasteiger partial charge < -0.3 is 29.6 Å². The van der Waals surface area contributed by atoms with Gasteiger partial charge in [-0.05, 0) is 48.5 Å². The van der Waals surface area contributed by atoms with Crippen molar-refractivity contribution in [2.75, 3.05) is 57.7 Å². The molecule has 0 saturated carbocycles. The van der Waals surface area contributed by atoms with Gasteiger partial charge in [0.05, 0.1) is 20.4 Å². The minimum Gasteiger partial charge on any atom is -0.497 e. The number of nitrogens with one attached hydrogen (secondary N) is 2. The Labute approximate surface area is 199 Å². The van der Waals surface area contributed by atoms with E-state index in [1.807, 2.05) is 24.3 Å². The zero-order valence-corrected chi connectivity index (χ0v) is 19.8. The number of piperazine rings is 1. The quantitative estimate of drug-likeness (QED) is 0.433. The summed E-state index contributed by atoms with van der Waals surface area (Å²) < 4.78 is 10.7. The zero-order valence-electron chi connectivity index (χ0n) is 19.8. The Morgan fingerprint density at radius 3 is 2.32 bits per heavy atom. The van der Waals surface area contributed by atoms with Crippen LogP contribution in [0.2, 0.25) is 0 Å². The van der Waals surface area contributed by atoms with Crippen molar-refractivity contribution >= 4 is 22.7 Å². The highest BCUT2D eigenvalue weighted by Crippen LogP contribution is 2.27. The van der Waals surface area contributed by atoms with Crippen LogP contribution in [0.1, 0.15) is 5.56 Å². The maximum absolute atomic E-state index is 5.35. The van der Waals surface area contributed by atoms with E-state index in [-0.39, 0.29) is 0 Å². The van der Waals surface area contributed by atoms with Crippen LogP contribution >= 0.6 is 0 Å². The van der Waals surface area contributed by atoms with Gasteiger partial charge in [0.15, 0.2) is 5.65 Å². The molecule has 0 bridgehead atoms. The van der Waals surface area contributed by atoms with Gasteiger partial charge in [-0.2, -0.15) is 0 Å². The number of aromatic amines is 1. The number of anilines is 2. The fourth-order valence-electron chi connectivity index (χ4n) is 4.22. The normalized spacial score (nSPS) is 14.4. The number of H-pyrrole nitrogens is 1. The molecule has 2 aromatic carbocycles. The summed E-state index contributed by atoms with van der Waals surface area (Å²) in [5.41, 5.74) is 6.03. The van der Waals surface area contributed by atoms with Crippen molar-refractivity contribution in [2.24, 2.45) is 0 Å². The summed E-state index contributed by atoms with van der Waals surface area (Å²) in [7, 11) is 5.47. The van der Waals surface area contributed by atoms with Crippen molar-refractivity contribution in [1.29, 1.82) is 0 Å². The first-order valence-corrected chi connectivity index (χ1v) is 11.5. The molecule has 5 rings (SSSR count). The molecule has 0 aliphatic carbocycles. The summed E-state index contributed by atoms with van der Waals surface area (Å²) >= 11 is 0. The van der Waals surface area contributed by atoms with E-state index in [1.54, 1.807) is 20.4 Å². The monoisotopic (exact) mass is 458 g/mol. The van der Waals surface area contributed by atoms with Crippen molar-refractivity contribution in [3.05, 3.63) is 60.3 Å². The molecular formula is C26H30N6O2. The third-order valence-corrected chi connectivity index (χ3v) is 6.27. The molecule has 4 aromatic rings. The summed E-state index contributed by atoms with van der Waals surface area (Å²) in [6, 6.07) is 16.6. The Kier molecular flexibility index (Phi) is 6.22. The molecule has 2 aromatic heterocycles. The fourth-order valence-corrected chi connectivity index (χ4v) is 4.22. The number of hydrogen-bond acceptors (Lipinski definition) is 7. The van der Waals surface area contributed by atoms with Gasteiger partial charge in [-0.1, -0.05) is 12.1 Å². The maximum Gasteiger partial charge on any atom is 0.156 e. The number of benzene rings is 2. The van der Waals surface area contributed by atoms with Crippen molar-refractivity contribution in [1.82, 2.24) is 19.9 Å². The van der Waals surface area contributed by atoms with E-state index in [0.717, 1.165) is 65.7 Å². The lowest BCUT2D eigenvalue weighted by Gasteiger charge is -2.34. The van der Waals surface area contributed by atoms with Gasteiger partial charge in [0.1, 0.15) is 22.8 Å². The number of fused-ring (bicyclic) bond motifs is 1. The summed E-state index contributed by atoms with van der Waals surface area (Å²) in [6.45, 7) is 4.91. The van der Waals surface area contributed by atoms with E-state index in [1.165, 1.54) is 5.69 Å². The van der Waals surface area contributed by atoms with Crippen LogP contribution in [0, 0.1) is 0 Å². The van der Waals surface area contributed by atoms with Crippen LogP contribution in [0.4, 0.5) is 11.5 Å². The number of likely N-dealkylation sites (N-methyl/N-ethyl adjacent to an activating group) is 1. The molecule has 176 valence electrons. The Morgan fingerprint density at radius 1 is 0.941 bits per heavy atom. The van der Waals surface area contributed by atoms with Crippen LogP contribution in [0.3, 0.4) is 0 Å². The average molecular weight is 459 g/mol. The summed E-state index contributed by atoms with van der Waals surface area (Å²) in [6.07, 6.45) is 1.75. The largest absolute Gasteiger partial charge is 0.497 e. The molecule has 8 heteroatoms. The topological polar surface area (TPSA) is 78.5 Å². The summed E-state index contributed by atoms with van der Waals surface area (Å²) in [4.78, 5) is 17.5. The first-order valence-electron chi connectivity index (χ1n) is 11.5. The molecule has 0 atom stereocenters. The van der Waals surface area contributed by atoms with Gasteiger partial charge in [-0.3, -0.25) is 0 Å². The lowest BCUT2D eigenvalue weighted by Crippen LogP contribution is -2.44. The van der Waals surface area contributed by atoms with Crippen LogP contribution in [0.5, 0.6) is 11.5 Å². The Bertz CT molecular complexity index is 1240. The standard InChI is InChI=1S/C26H30N6O2/c1-31-8-10-32(11-9-31)20-6-4-19(5-7-20)23-15-24-26(30-23)28-17-25(29-24)27-16-18-12-21(33-2)14-22(13-18)34-3/h4-7,12-15,17H,8-11,16H2,1-3H3,(H,27,29)(H,28,30). The SMILES string of the molecule is COc1cc(CNc2cnc3[nH]c(-c4ccc(N5CCN(C)CC5)cc4)cc3n2)cc(OC)c1. The molecule has 1 aliphatic rings. The van der Waals surface area contributed by atoms with Crippen molar-refractivity contribution in [3.63, 3.8) is 0 Å². The molecule has 1 aliphatic heterocycles. The molecule has 1 fully saturated rings. The molecule has 1 saturated heterocycles. The summed E-state index contributed by atoms with van der Waals surface area (Å²) in [5.74, 6) is 2.23. The van der Waals surface area contributed by atoms with Crippen LogP contribution < -0.4 is 19.7 Å². The second kappa shape index (κ2) is 9.61. The minimum atomic E-state index is 0.582. The highest BCUT2D eigenvalue weighted by Gasteiger charge is 2.14. The minimum absolute atomic E-state index is 0.582. The second-order valence-electron chi connectivity index (χ2n) is 8.58. The second-order valence-corrected chi connectivity index (χ2v) is 8.58. The molecule has 8 nitrogen and oxygen atoms in total. The molecule has 2 N–H and O–H groups in total. The van der Waals surface area contributed by atoms with E-state index in [0.29, 0.717) is 12.4 Å². The van der Waals surface area contributed by atoms with Gasteiger partial charge in [0.25, 0.3) is 0 Å². The zero-order chi connectivity index (χ0) is 23.5. The summed E-state index contributed by atoms with van der Waals surface area (Å²) in [5, 5.41) is 3.34. The smallest absolute Gasteiger partial charge is 0.156 e. The number of ether oxygens (including phenoxy) is 2. The van der Waals surface area contributed by atoms with E-state index in [4.69, 9.17) is 14.5 Å². The van der Waals surface area contributed by atoms with Crippen LogP contribution in [-0.4, -0.2) is 67.3 Å². The predicted molar refractivity (Wildman–Crippen MR) is 136 cm³/mol. The molecule has 0 spiro atoms. The first kappa shape index (κ1) is 22.0. The first-order chi connectivity index (χ1) is 16.6. The number of hydrogen-bond donors (Lipinski definition) is 2. The Hall–Kier alpha value is -3.78. The third kappa shape index (κ3) is 4.77. The Morgan fingerprint density at radius 2 is 1.65 bits per heavy atom. The lowest BCUT2D eigenvalue weighted by molar-refractivity contribution is 0.313. The van der Waals surface area contributed by atoms with E-state index < -0.39 is 0 Å². The Balaban J connectivity index is 1.29. The van der Waals surface area contributed by atoms with Crippen LogP contribution in [0.25, 0.3) is 22.4 Å².